The number of likely N-dealkylation sites (N-methyl/N-ethyl adjacent to an activating group) is 1. The summed E-state index contributed by atoms with van der Waals surface area (Å²) in [5.74, 6) is -2.21. The molecule has 35 heavy (non-hydrogen) atoms. The number of benzene rings is 1. The molecule has 3 aromatic rings. The topological polar surface area (TPSA) is 86.6 Å². The Morgan fingerprint density at radius 1 is 1.34 bits per heavy atom. The zero-order valence-electron chi connectivity index (χ0n) is 19.7. The maximum atomic E-state index is 14.3. The zero-order chi connectivity index (χ0) is 25.2. The lowest BCUT2D eigenvalue weighted by molar-refractivity contribution is -0.105. The van der Waals surface area contributed by atoms with Gasteiger partial charge < -0.3 is 29.4 Å². The Kier molecular flexibility index (Phi) is 10.4. The van der Waals surface area contributed by atoms with Crippen LogP contribution < -0.4 is 15.4 Å². The molecular formula is C24H29BrF2N4O4. The normalized spacial score (nSPS) is 15.1. The van der Waals surface area contributed by atoms with Crippen LogP contribution in [0.4, 0.5) is 14.5 Å². The van der Waals surface area contributed by atoms with Crippen molar-refractivity contribution in [2.24, 2.45) is 0 Å². The standard InChI is InChI=1S/C18H16BrF2N3O3.C6H13NO/c1-2-5-26-10-24-8-12(19)16-15(3-4-22-18(16)24)27-17-13(20)6-11(23-9-25)7-14(17)21;1-7-5-6-3-2-4-8-6/h3-4,6-9H,2,5,10H2,1H3,(H,23,25);6-7H,2-5H2,1H3. The van der Waals surface area contributed by atoms with Crippen LogP contribution in [0.2, 0.25) is 0 Å². The van der Waals surface area contributed by atoms with Gasteiger partial charge in [-0.2, -0.15) is 0 Å². The van der Waals surface area contributed by atoms with E-state index in [1.807, 2.05) is 14.0 Å². The highest BCUT2D eigenvalue weighted by molar-refractivity contribution is 9.10. The SMILES string of the molecule is CCCOCn1cc(Br)c2c(Oc3c(F)cc(NC=O)cc3F)ccnc21.CNCC1CCCO1. The van der Waals surface area contributed by atoms with E-state index >= 15 is 0 Å². The van der Waals surface area contributed by atoms with Crippen molar-refractivity contribution < 1.29 is 27.8 Å². The van der Waals surface area contributed by atoms with E-state index in [2.05, 4.69) is 31.5 Å². The number of carbonyl (C=O) groups excluding carboxylic acids is 1. The van der Waals surface area contributed by atoms with Gasteiger partial charge in [0, 0.05) is 54.4 Å². The predicted molar refractivity (Wildman–Crippen MR) is 133 cm³/mol. The number of carbonyl (C=O) groups is 1. The van der Waals surface area contributed by atoms with E-state index in [9.17, 15) is 13.6 Å². The Hall–Kier alpha value is -2.60. The average molecular weight is 555 g/mol. The highest BCUT2D eigenvalue weighted by atomic mass is 79.9. The van der Waals surface area contributed by atoms with Gasteiger partial charge in [-0.1, -0.05) is 6.92 Å². The molecule has 0 aliphatic carbocycles. The van der Waals surface area contributed by atoms with Crippen molar-refractivity contribution in [1.29, 1.82) is 0 Å². The quantitative estimate of drug-likeness (QED) is 0.264. The number of nitrogens with one attached hydrogen (secondary N) is 2. The van der Waals surface area contributed by atoms with E-state index in [1.165, 1.54) is 25.1 Å². The number of amides is 1. The van der Waals surface area contributed by atoms with Gasteiger partial charge in [-0.3, -0.25) is 4.79 Å². The molecule has 11 heteroatoms. The number of anilines is 1. The minimum Gasteiger partial charge on any atom is -0.450 e. The number of hydrogen-bond donors (Lipinski definition) is 2. The Balaban J connectivity index is 0.000000363. The van der Waals surface area contributed by atoms with Gasteiger partial charge in [0.1, 0.15) is 18.1 Å². The molecule has 1 aliphatic heterocycles. The van der Waals surface area contributed by atoms with Crippen LogP contribution in [0.3, 0.4) is 0 Å². The van der Waals surface area contributed by atoms with E-state index in [0.717, 1.165) is 31.7 Å². The fourth-order valence-corrected chi connectivity index (χ4v) is 4.20. The lowest BCUT2D eigenvalue weighted by atomic mass is 10.2. The van der Waals surface area contributed by atoms with Crippen LogP contribution in [0.1, 0.15) is 26.2 Å². The number of hydrogen-bond acceptors (Lipinski definition) is 6. The molecule has 0 radical (unpaired) electrons. The second-order valence-electron chi connectivity index (χ2n) is 7.82. The fourth-order valence-electron chi connectivity index (χ4n) is 3.58. The zero-order valence-corrected chi connectivity index (χ0v) is 21.2. The second kappa shape index (κ2) is 13.5. The maximum absolute atomic E-state index is 14.3. The molecule has 8 nitrogen and oxygen atoms in total. The second-order valence-corrected chi connectivity index (χ2v) is 8.67. The van der Waals surface area contributed by atoms with Crippen molar-refractivity contribution in [3.63, 3.8) is 0 Å². The van der Waals surface area contributed by atoms with Crippen molar-refractivity contribution in [2.45, 2.75) is 39.0 Å². The fraction of sp³-hybridized carbons (Fsp3) is 0.417. The van der Waals surface area contributed by atoms with E-state index in [0.29, 0.717) is 41.4 Å². The van der Waals surface area contributed by atoms with Crippen molar-refractivity contribution in [1.82, 2.24) is 14.9 Å². The molecule has 2 N–H and O–H groups in total. The third kappa shape index (κ3) is 7.20. The van der Waals surface area contributed by atoms with Crippen molar-refractivity contribution in [2.75, 3.05) is 32.1 Å². The maximum Gasteiger partial charge on any atom is 0.211 e. The van der Waals surface area contributed by atoms with Crippen LogP contribution in [0.15, 0.2) is 35.1 Å². The molecule has 3 heterocycles. The summed E-state index contributed by atoms with van der Waals surface area (Å²) in [7, 11) is 1.96. The van der Waals surface area contributed by atoms with Gasteiger partial charge in [0.15, 0.2) is 17.4 Å². The number of ether oxygens (including phenoxy) is 3. The number of pyridine rings is 1. The van der Waals surface area contributed by atoms with E-state index in [4.69, 9.17) is 14.2 Å². The summed E-state index contributed by atoms with van der Waals surface area (Å²) >= 11 is 3.43. The number of halogens is 3. The summed E-state index contributed by atoms with van der Waals surface area (Å²) in [6.45, 7) is 4.88. The first kappa shape index (κ1) is 27.0. The van der Waals surface area contributed by atoms with Gasteiger partial charge in [0.05, 0.1) is 11.5 Å². The molecule has 1 fully saturated rings. The Labute approximate surface area is 211 Å². The molecule has 190 valence electrons. The van der Waals surface area contributed by atoms with Crippen molar-refractivity contribution >= 4 is 39.1 Å². The molecule has 1 aromatic carbocycles. The third-order valence-corrected chi connectivity index (χ3v) is 5.74. The smallest absolute Gasteiger partial charge is 0.211 e. The van der Waals surface area contributed by atoms with Crippen molar-refractivity contribution in [3.8, 4) is 11.5 Å². The highest BCUT2D eigenvalue weighted by Crippen LogP contribution is 2.37. The molecule has 2 aromatic heterocycles. The largest absolute Gasteiger partial charge is 0.450 e. The first-order valence-corrected chi connectivity index (χ1v) is 12.1. The lowest BCUT2D eigenvalue weighted by Crippen LogP contribution is -2.22. The summed E-state index contributed by atoms with van der Waals surface area (Å²) < 4.78 is 47.3. The van der Waals surface area contributed by atoms with E-state index < -0.39 is 17.4 Å². The number of rotatable bonds is 10. The monoisotopic (exact) mass is 554 g/mol. The number of aromatic nitrogens is 2. The minimum absolute atomic E-state index is 0.00682. The molecular weight excluding hydrogens is 526 g/mol. The Morgan fingerprint density at radius 2 is 2.11 bits per heavy atom. The third-order valence-electron chi connectivity index (χ3n) is 5.14. The van der Waals surface area contributed by atoms with Gasteiger partial charge in [0.25, 0.3) is 0 Å². The summed E-state index contributed by atoms with van der Waals surface area (Å²) in [6.07, 6.45) is 7.45. The van der Waals surface area contributed by atoms with Crippen molar-refractivity contribution in [3.05, 3.63) is 46.7 Å². The molecule has 0 spiro atoms. The molecule has 4 rings (SSSR count). The molecule has 0 bridgehead atoms. The minimum atomic E-state index is -0.939. The molecule has 1 saturated heterocycles. The number of nitrogens with zero attached hydrogens (tertiary/aromatic N) is 2. The summed E-state index contributed by atoms with van der Waals surface area (Å²) in [6, 6.07) is 3.47. The van der Waals surface area contributed by atoms with Crippen LogP contribution in [0.5, 0.6) is 11.5 Å². The molecule has 1 unspecified atom stereocenters. The van der Waals surface area contributed by atoms with E-state index in [1.54, 1.807) is 10.8 Å². The Bertz CT molecular complexity index is 1100. The summed E-state index contributed by atoms with van der Waals surface area (Å²) in [5.41, 5.74) is 0.545. The number of fused-ring (bicyclic) bond motifs is 1. The first-order valence-electron chi connectivity index (χ1n) is 11.3. The van der Waals surface area contributed by atoms with Gasteiger partial charge in [-0.15, -0.1) is 0 Å². The average Bonchev–Trinajstić information content (AvgIpc) is 3.46. The first-order chi connectivity index (χ1) is 17.0. The molecule has 1 amide bonds. The molecule has 0 saturated carbocycles. The lowest BCUT2D eigenvalue weighted by Gasteiger charge is -2.11. The van der Waals surface area contributed by atoms with Crippen LogP contribution in [-0.2, 0) is 21.0 Å². The summed E-state index contributed by atoms with van der Waals surface area (Å²) in [4.78, 5) is 14.7. The van der Waals surface area contributed by atoms with E-state index in [-0.39, 0.29) is 11.4 Å². The summed E-state index contributed by atoms with van der Waals surface area (Å²) in [5, 5.41) is 5.84. The van der Waals surface area contributed by atoms with Gasteiger partial charge in [-0.05, 0) is 48.3 Å². The van der Waals surface area contributed by atoms with Crippen LogP contribution >= 0.6 is 15.9 Å². The van der Waals surface area contributed by atoms with Crippen LogP contribution in [0.25, 0.3) is 11.0 Å². The molecule has 1 atom stereocenters. The Morgan fingerprint density at radius 3 is 2.74 bits per heavy atom. The molecule has 1 aliphatic rings. The highest BCUT2D eigenvalue weighted by Gasteiger charge is 2.18. The predicted octanol–water partition coefficient (Wildman–Crippen LogP) is 5.21. The van der Waals surface area contributed by atoms with Crippen LogP contribution in [0, 0.1) is 11.6 Å². The van der Waals surface area contributed by atoms with Gasteiger partial charge in [0.2, 0.25) is 6.41 Å². The van der Waals surface area contributed by atoms with Crippen LogP contribution in [-0.4, -0.2) is 48.9 Å². The van der Waals surface area contributed by atoms with Gasteiger partial charge in [-0.25, -0.2) is 13.8 Å². The van der Waals surface area contributed by atoms with Gasteiger partial charge >= 0.3 is 0 Å².